The summed E-state index contributed by atoms with van der Waals surface area (Å²) in [6.45, 7) is 0. The molecule has 0 aromatic rings. The second-order valence-corrected chi connectivity index (χ2v) is 5.08. The van der Waals surface area contributed by atoms with Gasteiger partial charge in [0.15, 0.2) is 0 Å². The van der Waals surface area contributed by atoms with Crippen molar-refractivity contribution in [1.29, 1.82) is 0 Å². The van der Waals surface area contributed by atoms with Crippen LogP contribution in [0.1, 0.15) is 19.3 Å². The van der Waals surface area contributed by atoms with Crippen LogP contribution in [-0.2, 0) is 0 Å². The van der Waals surface area contributed by atoms with Crippen LogP contribution in [0.25, 0.3) is 0 Å². The van der Waals surface area contributed by atoms with E-state index in [2.05, 4.69) is 12.2 Å². The quantitative estimate of drug-likeness (QED) is 0.460. The molecule has 0 N–H and O–H groups in total. The van der Waals surface area contributed by atoms with E-state index in [1.54, 1.807) is 19.3 Å². The lowest BCUT2D eigenvalue weighted by molar-refractivity contribution is 0.00548. The largest absolute Gasteiger partial charge is 0.0848 e. The second kappa shape index (κ2) is 1.44. The number of hydrogen-bond donors (Lipinski definition) is 0. The van der Waals surface area contributed by atoms with E-state index in [9.17, 15) is 0 Å². The molecule has 4 aliphatic carbocycles. The lowest BCUT2D eigenvalue weighted by Crippen LogP contribution is -2.45. The van der Waals surface area contributed by atoms with Crippen molar-refractivity contribution >= 4 is 0 Å². The predicted octanol–water partition coefficient (Wildman–Crippen LogP) is 2.46. The van der Waals surface area contributed by atoms with E-state index in [4.69, 9.17) is 0 Å². The minimum absolute atomic E-state index is 1.01. The van der Waals surface area contributed by atoms with E-state index in [0.717, 1.165) is 29.6 Å². The molecular formula is C11H14. The molecule has 3 fully saturated rings. The minimum atomic E-state index is 1.01. The first-order valence-electron chi connectivity index (χ1n) is 5.12. The van der Waals surface area contributed by atoms with E-state index in [1.165, 1.54) is 5.92 Å². The van der Waals surface area contributed by atoms with Gasteiger partial charge in [-0.2, -0.15) is 0 Å². The average molecular weight is 146 g/mol. The zero-order valence-corrected chi connectivity index (χ0v) is 6.74. The molecule has 4 aliphatic rings. The summed E-state index contributed by atoms with van der Waals surface area (Å²) in [6.07, 6.45) is 9.84. The zero-order valence-electron chi connectivity index (χ0n) is 6.74. The normalized spacial score (nSPS) is 68.4. The Bertz CT molecular complexity index is 226. The molecule has 0 saturated heterocycles. The summed E-state index contributed by atoms with van der Waals surface area (Å²) < 4.78 is 0. The van der Waals surface area contributed by atoms with E-state index < -0.39 is 0 Å². The molecule has 0 nitrogen and oxygen atoms in total. The Hall–Kier alpha value is -0.260. The Balaban J connectivity index is 1.93. The molecule has 0 radical (unpaired) electrons. The first kappa shape index (κ1) is 5.40. The molecule has 3 saturated carbocycles. The van der Waals surface area contributed by atoms with Crippen LogP contribution in [-0.4, -0.2) is 0 Å². The maximum Gasteiger partial charge on any atom is -0.0171 e. The van der Waals surface area contributed by atoms with Crippen molar-refractivity contribution in [1.82, 2.24) is 0 Å². The molecule has 0 heterocycles. The maximum atomic E-state index is 2.55. The van der Waals surface area contributed by atoms with Crippen LogP contribution in [0.4, 0.5) is 0 Å². The summed E-state index contributed by atoms with van der Waals surface area (Å²) in [5, 5.41) is 0. The smallest absolute Gasteiger partial charge is 0.0171 e. The lowest BCUT2D eigenvalue weighted by atomic mass is 9.53. The molecule has 0 aliphatic heterocycles. The Morgan fingerprint density at radius 1 is 0.818 bits per heavy atom. The third-order valence-electron chi connectivity index (χ3n) is 4.97. The van der Waals surface area contributed by atoms with E-state index >= 15 is 0 Å². The third-order valence-corrected chi connectivity index (χ3v) is 4.97. The van der Waals surface area contributed by atoms with Gasteiger partial charge in [0.2, 0.25) is 0 Å². The van der Waals surface area contributed by atoms with Gasteiger partial charge in [-0.25, -0.2) is 0 Å². The molecule has 6 atom stereocenters. The molecule has 0 aromatic heterocycles. The van der Waals surface area contributed by atoms with Gasteiger partial charge in [0.1, 0.15) is 0 Å². The van der Waals surface area contributed by atoms with Crippen molar-refractivity contribution in [3.8, 4) is 0 Å². The van der Waals surface area contributed by atoms with Crippen molar-refractivity contribution in [3.05, 3.63) is 12.2 Å². The molecule has 0 amide bonds. The van der Waals surface area contributed by atoms with Crippen LogP contribution in [0.3, 0.4) is 0 Å². The van der Waals surface area contributed by atoms with Crippen molar-refractivity contribution in [2.45, 2.75) is 19.3 Å². The molecule has 6 unspecified atom stereocenters. The molecule has 0 heteroatoms. The number of rotatable bonds is 0. The highest BCUT2D eigenvalue weighted by Crippen LogP contribution is 2.67. The van der Waals surface area contributed by atoms with Gasteiger partial charge in [-0.3, -0.25) is 0 Å². The molecule has 0 spiro atoms. The van der Waals surface area contributed by atoms with Crippen molar-refractivity contribution in [2.24, 2.45) is 35.5 Å². The number of hydrogen-bond acceptors (Lipinski definition) is 0. The van der Waals surface area contributed by atoms with Crippen LogP contribution >= 0.6 is 0 Å². The highest BCUT2D eigenvalue weighted by atomic mass is 14.6. The average Bonchev–Trinajstić information content (AvgIpc) is 2.11. The zero-order chi connectivity index (χ0) is 7.00. The van der Waals surface area contributed by atoms with Crippen molar-refractivity contribution in [2.75, 3.05) is 0 Å². The Morgan fingerprint density at radius 3 is 2.64 bits per heavy atom. The van der Waals surface area contributed by atoms with Gasteiger partial charge in [0.25, 0.3) is 0 Å². The van der Waals surface area contributed by atoms with Gasteiger partial charge >= 0.3 is 0 Å². The van der Waals surface area contributed by atoms with Crippen LogP contribution < -0.4 is 0 Å². The SMILES string of the molecule is C1=CC2C3CC1C1CC2C3C1. The van der Waals surface area contributed by atoms with Crippen LogP contribution in [0, 0.1) is 35.5 Å². The third kappa shape index (κ3) is 0.432. The van der Waals surface area contributed by atoms with E-state index in [0.29, 0.717) is 0 Å². The van der Waals surface area contributed by atoms with Crippen molar-refractivity contribution in [3.63, 3.8) is 0 Å². The van der Waals surface area contributed by atoms with E-state index in [1.807, 2.05) is 0 Å². The Labute approximate surface area is 67.7 Å². The predicted molar refractivity (Wildman–Crippen MR) is 43.9 cm³/mol. The molecule has 4 bridgehead atoms. The molecular weight excluding hydrogens is 132 g/mol. The summed E-state index contributed by atoms with van der Waals surface area (Å²) in [4.78, 5) is 0. The summed E-state index contributed by atoms with van der Waals surface area (Å²) >= 11 is 0. The van der Waals surface area contributed by atoms with Gasteiger partial charge < -0.3 is 0 Å². The number of allylic oxidation sites excluding steroid dienone is 2. The minimum Gasteiger partial charge on any atom is -0.0848 e. The summed E-state index contributed by atoms with van der Waals surface area (Å²) in [6, 6.07) is 0. The van der Waals surface area contributed by atoms with E-state index in [-0.39, 0.29) is 0 Å². The van der Waals surface area contributed by atoms with Crippen LogP contribution in [0.2, 0.25) is 0 Å². The summed E-state index contributed by atoms with van der Waals surface area (Å²) in [5.74, 6) is 6.66. The standard InChI is InChI=1S/C11H14/c1-2-8-9-3-6(1)7-4-10(8)11(9)5-7/h1-2,6-11H,3-5H2. The fraction of sp³-hybridized carbons (Fsp3) is 0.818. The fourth-order valence-corrected chi connectivity index (χ4v) is 4.52. The highest BCUT2D eigenvalue weighted by Gasteiger charge is 2.60. The molecule has 0 aromatic carbocycles. The van der Waals surface area contributed by atoms with Gasteiger partial charge in [-0.05, 0) is 54.8 Å². The van der Waals surface area contributed by atoms with Gasteiger partial charge in [0.05, 0.1) is 0 Å². The summed E-state index contributed by atoms with van der Waals surface area (Å²) in [7, 11) is 0. The first-order valence-corrected chi connectivity index (χ1v) is 5.12. The van der Waals surface area contributed by atoms with Crippen LogP contribution in [0.15, 0.2) is 12.2 Å². The van der Waals surface area contributed by atoms with Crippen molar-refractivity contribution < 1.29 is 0 Å². The molecule has 58 valence electrons. The van der Waals surface area contributed by atoms with Gasteiger partial charge in [0, 0.05) is 0 Å². The van der Waals surface area contributed by atoms with Gasteiger partial charge in [-0.15, -0.1) is 0 Å². The van der Waals surface area contributed by atoms with Gasteiger partial charge in [-0.1, -0.05) is 12.2 Å². The monoisotopic (exact) mass is 146 g/mol. The molecule has 11 heavy (non-hydrogen) atoms. The second-order valence-electron chi connectivity index (χ2n) is 5.08. The van der Waals surface area contributed by atoms with Crippen LogP contribution in [0.5, 0.6) is 0 Å². The first-order chi connectivity index (χ1) is 5.43. The fourth-order valence-electron chi connectivity index (χ4n) is 4.52. The highest BCUT2D eigenvalue weighted by molar-refractivity contribution is 5.20. The molecule has 4 rings (SSSR count). The summed E-state index contributed by atoms with van der Waals surface area (Å²) in [5.41, 5.74) is 0. The number of fused-ring (bicyclic) bond motifs is 4. The topological polar surface area (TPSA) is 0 Å². The lowest BCUT2D eigenvalue weighted by Gasteiger charge is -2.52. The Morgan fingerprint density at radius 2 is 1.64 bits per heavy atom. The Kier molecular flexibility index (Phi) is 0.706. The maximum absolute atomic E-state index is 2.55.